The molecule has 0 radical (unpaired) electrons. The van der Waals surface area contributed by atoms with Crippen molar-refractivity contribution in [2.24, 2.45) is 0 Å². The summed E-state index contributed by atoms with van der Waals surface area (Å²) in [6, 6.07) is 7.67. The minimum atomic E-state index is 0.517. The molecule has 0 fully saturated rings. The van der Waals surface area contributed by atoms with Gasteiger partial charge in [-0.05, 0) is 12.1 Å². The molecule has 1 aliphatic rings. The lowest BCUT2D eigenvalue weighted by atomic mass is 10.2. The number of hydrogen-bond donors (Lipinski definition) is 1. The van der Waals surface area contributed by atoms with Crippen LogP contribution in [0.15, 0.2) is 35.6 Å². The SMILES string of the molecule is ClC1=CN(Cl)c2ccccc2N1. The number of halogens is 2. The van der Waals surface area contributed by atoms with Crippen molar-refractivity contribution in [1.82, 2.24) is 0 Å². The number of para-hydroxylation sites is 2. The monoisotopic (exact) mass is 200 g/mol. The van der Waals surface area contributed by atoms with Gasteiger partial charge in [0.15, 0.2) is 0 Å². The normalized spacial score (nSPS) is 14.8. The topological polar surface area (TPSA) is 15.3 Å². The van der Waals surface area contributed by atoms with Crippen LogP contribution in [0.5, 0.6) is 0 Å². The van der Waals surface area contributed by atoms with Crippen molar-refractivity contribution in [1.29, 1.82) is 0 Å². The number of nitrogens with one attached hydrogen (secondary N) is 1. The molecular weight excluding hydrogens is 195 g/mol. The van der Waals surface area contributed by atoms with E-state index in [1.165, 1.54) is 4.42 Å². The lowest BCUT2D eigenvalue weighted by molar-refractivity contribution is 1.34. The van der Waals surface area contributed by atoms with Crippen molar-refractivity contribution in [2.45, 2.75) is 0 Å². The van der Waals surface area contributed by atoms with Gasteiger partial charge in [0.1, 0.15) is 5.16 Å². The Labute approximate surface area is 80.5 Å². The van der Waals surface area contributed by atoms with E-state index in [2.05, 4.69) is 5.32 Å². The lowest BCUT2D eigenvalue weighted by Crippen LogP contribution is -2.12. The van der Waals surface area contributed by atoms with Gasteiger partial charge in [0, 0.05) is 11.8 Å². The van der Waals surface area contributed by atoms with Gasteiger partial charge in [0.25, 0.3) is 0 Å². The van der Waals surface area contributed by atoms with E-state index in [4.69, 9.17) is 23.4 Å². The fourth-order valence-corrected chi connectivity index (χ4v) is 1.59. The number of fused-ring (bicyclic) bond motifs is 1. The smallest absolute Gasteiger partial charge is 0.124 e. The highest BCUT2D eigenvalue weighted by atomic mass is 35.5. The van der Waals surface area contributed by atoms with Crippen molar-refractivity contribution >= 4 is 34.8 Å². The Hall–Kier alpha value is -0.860. The molecule has 1 aromatic rings. The molecule has 0 atom stereocenters. The van der Waals surface area contributed by atoms with Gasteiger partial charge >= 0.3 is 0 Å². The van der Waals surface area contributed by atoms with Crippen molar-refractivity contribution in [3.05, 3.63) is 35.6 Å². The summed E-state index contributed by atoms with van der Waals surface area (Å²) in [4.78, 5) is 0. The van der Waals surface area contributed by atoms with Gasteiger partial charge in [-0.1, -0.05) is 23.7 Å². The number of hydrogen-bond acceptors (Lipinski definition) is 2. The predicted molar refractivity (Wildman–Crippen MR) is 52.3 cm³/mol. The molecule has 0 saturated carbocycles. The van der Waals surface area contributed by atoms with Crippen LogP contribution in [0, 0.1) is 0 Å². The highest BCUT2D eigenvalue weighted by molar-refractivity contribution is 6.34. The minimum absolute atomic E-state index is 0.517. The Kier molecular flexibility index (Phi) is 1.87. The molecule has 0 aliphatic carbocycles. The highest BCUT2D eigenvalue weighted by Crippen LogP contribution is 2.33. The highest BCUT2D eigenvalue weighted by Gasteiger charge is 2.12. The molecule has 0 amide bonds. The fourth-order valence-electron chi connectivity index (χ4n) is 1.10. The van der Waals surface area contributed by atoms with Crippen molar-refractivity contribution in [3.63, 3.8) is 0 Å². The Morgan fingerprint density at radius 1 is 1.25 bits per heavy atom. The van der Waals surface area contributed by atoms with E-state index in [1.807, 2.05) is 24.3 Å². The molecule has 4 heteroatoms. The minimum Gasteiger partial charge on any atom is -0.343 e. The van der Waals surface area contributed by atoms with Crippen LogP contribution in [0.3, 0.4) is 0 Å². The fraction of sp³-hybridized carbons (Fsp3) is 0. The largest absolute Gasteiger partial charge is 0.343 e. The molecule has 0 unspecified atom stereocenters. The van der Waals surface area contributed by atoms with Crippen LogP contribution in [0.4, 0.5) is 11.4 Å². The molecule has 0 spiro atoms. The maximum atomic E-state index is 5.87. The predicted octanol–water partition coefficient (Wildman–Crippen LogP) is 3.11. The van der Waals surface area contributed by atoms with Crippen LogP contribution in [0.2, 0.25) is 0 Å². The van der Waals surface area contributed by atoms with Crippen molar-refractivity contribution in [3.8, 4) is 0 Å². The zero-order valence-corrected chi connectivity index (χ0v) is 7.60. The van der Waals surface area contributed by atoms with Gasteiger partial charge in [-0.3, -0.25) is 4.42 Å². The summed E-state index contributed by atoms with van der Waals surface area (Å²) in [7, 11) is 0. The Morgan fingerprint density at radius 2 is 2.00 bits per heavy atom. The summed E-state index contributed by atoms with van der Waals surface area (Å²) in [5.74, 6) is 0. The summed E-state index contributed by atoms with van der Waals surface area (Å²) in [5, 5.41) is 3.51. The van der Waals surface area contributed by atoms with Crippen LogP contribution in [-0.4, -0.2) is 0 Å². The van der Waals surface area contributed by atoms with Gasteiger partial charge in [-0.25, -0.2) is 0 Å². The molecule has 0 saturated heterocycles. The third-order valence-electron chi connectivity index (χ3n) is 1.61. The molecular formula is C8H6Cl2N2. The van der Waals surface area contributed by atoms with Gasteiger partial charge < -0.3 is 5.32 Å². The number of rotatable bonds is 0. The average molecular weight is 201 g/mol. The first kappa shape index (κ1) is 7.77. The van der Waals surface area contributed by atoms with Crippen molar-refractivity contribution in [2.75, 3.05) is 9.74 Å². The van der Waals surface area contributed by atoms with Gasteiger partial charge in [-0.15, -0.1) is 0 Å². The maximum absolute atomic E-state index is 5.87. The Morgan fingerprint density at radius 3 is 2.83 bits per heavy atom. The lowest BCUT2D eigenvalue weighted by Gasteiger charge is -2.21. The Balaban J connectivity index is 2.48. The summed E-state index contributed by atoms with van der Waals surface area (Å²) >= 11 is 11.6. The van der Waals surface area contributed by atoms with E-state index >= 15 is 0 Å². The van der Waals surface area contributed by atoms with Gasteiger partial charge in [-0.2, -0.15) is 0 Å². The summed E-state index contributed by atoms with van der Waals surface area (Å²) in [6.07, 6.45) is 1.62. The number of nitrogens with zero attached hydrogens (tertiary/aromatic N) is 1. The first-order valence-electron chi connectivity index (χ1n) is 3.46. The van der Waals surface area contributed by atoms with E-state index in [9.17, 15) is 0 Å². The Bertz CT molecular complexity index is 336. The molecule has 1 aliphatic heterocycles. The van der Waals surface area contributed by atoms with E-state index < -0.39 is 0 Å². The number of benzene rings is 1. The standard InChI is InChI=1S/C8H6Cl2N2/c9-8-5-12(10)7-4-2-1-3-6(7)11-8/h1-5,11H. The van der Waals surface area contributed by atoms with E-state index in [1.54, 1.807) is 6.20 Å². The second-order valence-electron chi connectivity index (χ2n) is 2.43. The molecule has 0 bridgehead atoms. The van der Waals surface area contributed by atoms with Crippen molar-refractivity contribution < 1.29 is 0 Å². The average Bonchev–Trinajstić information content (AvgIpc) is 2.04. The third kappa shape index (κ3) is 1.24. The molecule has 0 aromatic heterocycles. The van der Waals surface area contributed by atoms with E-state index in [-0.39, 0.29) is 0 Å². The van der Waals surface area contributed by atoms with Crippen LogP contribution in [0.1, 0.15) is 0 Å². The van der Waals surface area contributed by atoms with Crippen LogP contribution >= 0.6 is 23.4 Å². The molecule has 12 heavy (non-hydrogen) atoms. The molecule has 62 valence electrons. The summed E-state index contributed by atoms with van der Waals surface area (Å²) < 4.78 is 1.47. The summed E-state index contributed by atoms with van der Waals surface area (Å²) in [6.45, 7) is 0. The van der Waals surface area contributed by atoms with Crippen LogP contribution < -0.4 is 9.74 Å². The molecule has 2 nitrogen and oxygen atoms in total. The molecule has 1 N–H and O–H groups in total. The van der Waals surface area contributed by atoms with Gasteiger partial charge in [0.05, 0.1) is 17.6 Å². The zero-order valence-electron chi connectivity index (χ0n) is 6.09. The quantitative estimate of drug-likeness (QED) is 0.512. The van der Waals surface area contributed by atoms with E-state index in [0.717, 1.165) is 11.4 Å². The van der Waals surface area contributed by atoms with Gasteiger partial charge in [0.2, 0.25) is 0 Å². The van der Waals surface area contributed by atoms with Crippen LogP contribution in [0.25, 0.3) is 0 Å². The van der Waals surface area contributed by atoms with Crippen LogP contribution in [-0.2, 0) is 0 Å². The first-order chi connectivity index (χ1) is 5.77. The second-order valence-corrected chi connectivity index (χ2v) is 3.20. The molecule has 2 rings (SSSR count). The molecule has 1 heterocycles. The number of anilines is 2. The second kappa shape index (κ2) is 2.88. The third-order valence-corrected chi connectivity index (χ3v) is 2.09. The van der Waals surface area contributed by atoms with E-state index in [0.29, 0.717) is 5.16 Å². The first-order valence-corrected chi connectivity index (χ1v) is 4.17. The zero-order chi connectivity index (χ0) is 8.55. The summed E-state index contributed by atoms with van der Waals surface area (Å²) in [5.41, 5.74) is 1.82. The maximum Gasteiger partial charge on any atom is 0.124 e. The molecule has 1 aromatic carbocycles.